The van der Waals surface area contributed by atoms with E-state index in [9.17, 15) is 4.79 Å². The van der Waals surface area contributed by atoms with Gasteiger partial charge in [0.05, 0.1) is 17.3 Å². The van der Waals surface area contributed by atoms with E-state index >= 15 is 0 Å². The number of carbonyl (C=O) groups excluding carboxylic acids is 1. The second-order valence-electron chi connectivity index (χ2n) is 6.71. The fraction of sp³-hybridized carbons (Fsp3) is 0.167. The molecular weight excluding hydrogens is 531 g/mol. The van der Waals surface area contributed by atoms with E-state index in [1.807, 2.05) is 37.3 Å². The third-order valence-corrected chi connectivity index (χ3v) is 5.31. The molecule has 1 amide bonds. The van der Waals surface area contributed by atoms with Crippen LogP contribution in [0.4, 0.5) is 0 Å². The molecule has 0 radical (unpaired) electrons. The number of ether oxygens (including phenoxy) is 3. The molecule has 0 fully saturated rings. The lowest BCUT2D eigenvalue weighted by Crippen LogP contribution is -2.24. The highest BCUT2D eigenvalue weighted by Crippen LogP contribution is 2.37. The van der Waals surface area contributed by atoms with Crippen molar-refractivity contribution in [3.63, 3.8) is 0 Å². The molecule has 0 aromatic heterocycles. The molecule has 172 valence electrons. The quantitative estimate of drug-likeness (QED) is 0.238. The molecule has 9 heteroatoms. The first-order chi connectivity index (χ1) is 15.9. The number of rotatable bonds is 10. The van der Waals surface area contributed by atoms with Crippen LogP contribution in [-0.2, 0) is 11.4 Å². The Hall–Kier alpha value is -2.74. The number of amides is 1. The molecule has 6 nitrogen and oxygen atoms in total. The molecule has 1 N–H and O–H groups in total. The van der Waals surface area contributed by atoms with Gasteiger partial charge in [-0.3, -0.25) is 4.79 Å². The van der Waals surface area contributed by atoms with Gasteiger partial charge in [0.25, 0.3) is 5.91 Å². The van der Waals surface area contributed by atoms with Crippen LogP contribution in [0, 0.1) is 0 Å². The Labute approximate surface area is 210 Å². The number of nitrogens with zero attached hydrogens (tertiary/aromatic N) is 1. The summed E-state index contributed by atoms with van der Waals surface area (Å²) in [6, 6.07) is 17.8. The fourth-order valence-corrected chi connectivity index (χ4v) is 3.52. The Morgan fingerprint density at radius 1 is 1.00 bits per heavy atom. The van der Waals surface area contributed by atoms with Crippen LogP contribution in [0.1, 0.15) is 18.1 Å². The maximum atomic E-state index is 12.0. The van der Waals surface area contributed by atoms with Gasteiger partial charge in [0.1, 0.15) is 12.4 Å². The van der Waals surface area contributed by atoms with Crippen molar-refractivity contribution in [3.05, 3.63) is 86.3 Å². The maximum Gasteiger partial charge on any atom is 0.277 e. The largest absolute Gasteiger partial charge is 0.490 e. The molecule has 0 aliphatic heterocycles. The van der Waals surface area contributed by atoms with Crippen LogP contribution in [0.2, 0.25) is 10.0 Å². The first kappa shape index (κ1) is 24.9. The summed E-state index contributed by atoms with van der Waals surface area (Å²) < 4.78 is 17.8. The van der Waals surface area contributed by atoms with Gasteiger partial charge in [0.2, 0.25) is 0 Å². The van der Waals surface area contributed by atoms with Crippen LogP contribution in [-0.4, -0.2) is 25.3 Å². The average Bonchev–Trinajstić information content (AvgIpc) is 2.79. The minimum absolute atomic E-state index is 0.176. The smallest absolute Gasteiger partial charge is 0.277 e. The van der Waals surface area contributed by atoms with Crippen LogP contribution in [0.25, 0.3) is 0 Å². The van der Waals surface area contributed by atoms with Crippen LogP contribution in [0.15, 0.2) is 70.2 Å². The van der Waals surface area contributed by atoms with Crippen molar-refractivity contribution < 1.29 is 19.0 Å². The summed E-state index contributed by atoms with van der Waals surface area (Å²) in [5.74, 6) is 1.27. The fourth-order valence-electron chi connectivity index (χ4n) is 2.69. The topological polar surface area (TPSA) is 69.2 Å². The van der Waals surface area contributed by atoms with Crippen molar-refractivity contribution in [2.24, 2.45) is 5.10 Å². The highest BCUT2D eigenvalue weighted by molar-refractivity contribution is 9.10. The van der Waals surface area contributed by atoms with Crippen LogP contribution >= 0.6 is 39.1 Å². The van der Waals surface area contributed by atoms with Crippen molar-refractivity contribution >= 4 is 51.3 Å². The maximum absolute atomic E-state index is 12.0. The number of nitrogens with one attached hydrogen (secondary N) is 1. The molecule has 0 atom stereocenters. The first-order valence-corrected chi connectivity index (χ1v) is 11.5. The molecule has 33 heavy (non-hydrogen) atoms. The van der Waals surface area contributed by atoms with Crippen molar-refractivity contribution in [2.45, 2.75) is 13.5 Å². The lowest BCUT2D eigenvalue weighted by molar-refractivity contribution is -0.123. The standard InChI is InChI=1S/C24H21BrCl2N2O4/c1-2-31-22-12-17(11-21(25)24(22)33-14-16-3-5-18(26)6-4-16)13-28-29-23(30)15-32-20-9-7-19(27)8-10-20/h3-13H,2,14-15H2,1H3,(H,29,30)/b28-13-. The summed E-state index contributed by atoms with van der Waals surface area (Å²) in [6.07, 6.45) is 1.51. The highest BCUT2D eigenvalue weighted by atomic mass is 79.9. The van der Waals surface area contributed by atoms with E-state index in [0.717, 1.165) is 5.56 Å². The van der Waals surface area contributed by atoms with Crippen molar-refractivity contribution in [1.82, 2.24) is 5.43 Å². The van der Waals surface area contributed by atoms with E-state index in [0.29, 0.717) is 50.5 Å². The van der Waals surface area contributed by atoms with Gasteiger partial charge < -0.3 is 14.2 Å². The normalized spacial score (nSPS) is 10.8. The van der Waals surface area contributed by atoms with E-state index in [-0.39, 0.29) is 6.61 Å². The van der Waals surface area contributed by atoms with Crippen LogP contribution < -0.4 is 19.6 Å². The zero-order valence-electron chi connectivity index (χ0n) is 17.7. The first-order valence-electron chi connectivity index (χ1n) is 9.98. The van der Waals surface area contributed by atoms with Crippen LogP contribution in [0.5, 0.6) is 17.2 Å². The molecule has 0 aliphatic carbocycles. The average molecular weight is 552 g/mol. The molecule has 0 bridgehead atoms. The summed E-state index contributed by atoms with van der Waals surface area (Å²) in [5.41, 5.74) is 4.12. The van der Waals surface area contributed by atoms with Gasteiger partial charge in [0, 0.05) is 10.0 Å². The molecule has 0 aliphatic rings. The molecule has 3 aromatic rings. The molecule has 3 aromatic carbocycles. The predicted octanol–water partition coefficient (Wildman–Crippen LogP) is 6.26. The Bertz CT molecular complexity index is 1110. The Balaban J connectivity index is 1.60. The lowest BCUT2D eigenvalue weighted by atomic mass is 10.2. The van der Waals surface area contributed by atoms with Gasteiger partial charge in [-0.25, -0.2) is 5.43 Å². The number of hydrazone groups is 1. The van der Waals surface area contributed by atoms with Gasteiger partial charge >= 0.3 is 0 Å². The zero-order valence-corrected chi connectivity index (χ0v) is 20.8. The second kappa shape index (κ2) is 12.5. The number of hydrogen-bond donors (Lipinski definition) is 1. The SMILES string of the molecule is CCOc1cc(/C=N\NC(=O)COc2ccc(Cl)cc2)cc(Br)c1OCc1ccc(Cl)cc1. The van der Waals surface area contributed by atoms with Crippen molar-refractivity contribution in [2.75, 3.05) is 13.2 Å². The molecule has 0 saturated heterocycles. The van der Waals surface area contributed by atoms with E-state index in [2.05, 4.69) is 26.5 Å². The minimum Gasteiger partial charge on any atom is -0.490 e. The molecule has 0 unspecified atom stereocenters. The number of benzene rings is 3. The Kier molecular flexibility index (Phi) is 9.42. The van der Waals surface area contributed by atoms with Crippen LogP contribution in [0.3, 0.4) is 0 Å². The van der Waals surface area contributed by atoms with Gasteiger partial charge in [-0.2, -0.15) is 5.10 Å². The van der Waals surface area contributed by atoms with E-state index in [4.69, 9.17) is 37.4 Å². The molecule has 0 heterocycles. The number of halogens is 3. The Morgan fingerprint density at radius 3 is 2.33 bits per heavy atom. The minimum atomic E-state index is -0.395. The molecular formula is C24H21BrCl2N2O4. The molecule has 0 spiro atoms. The third kappa shape index (κ3) is 7.96. The van der Waals surface area contributed by atoms with Gasteiger partial charge in [-0.05, 0) is 82.5 Å². The van der Waals surface area contributed by atoms with E-state index in [1.165, 1.54) is 6.21 Å². The van der Waals surface area contributed by atoms with Crippen molar-refractivity contribution in [1.29, 1.82) is 0 Å². The third-order valence-electron chi connectivity index (χ3n) is 4.21. The van der Waals surface area contributed by atoms with Gasteiger partial charge in [-0.1, -0.05) is 35.3 Å². The molecule has 3 rings (SSSR count). The molecule has 0 saturated carbocycles. The van der Waals surface area contributed by atoms with Gasteiger partial charge in [0.15, 0.2) is 18.1 Å². The predicted molar refractivity (Wildman–Crippen MR) is 134 cm³/mol. The zero-order chi connectivity index (χ0) is 23.6. The summed E-state index contributed by atoms with van der Waals surface area (Å²) in [7, 11) is 0. The monoisotopic (exact) mass is 550 g/mol. The van der Waals surface area contributed by atoms with Crippen molar-refractivity contribution in [3.8, 4) is 17.2 Å². The summed E-state index contributed by atoms with van der Waals surface area (Å²) >= 11 is 15.3. The lowest BCUT2D eigenvalue weighted by Gasteiger charge is -2.14. The highest BCUT2D eigenvalue weighted by Gasteiger charge is 2.12. The second-order valence-corrected chi connectivity index (χ2v) is 8.44. The van der Waals surface area contributed by atoms with Gasteiger partial charge in [-0.15, -0.1) is 0 Å². The van der Waals surface area contributed by atoms with E-state index in [1.54, 1.807) is 30.3 Å². The summed E-state index contributed by atoms with van der Waals surface area (Å²) in [4.78, 5) is 12.0. The van der Waals surface area contributed by atoms with E-state index < -0.39 is 5.91 Å². The summed E-state index contributed by atoms with van der Waals surface area (Å²) in [5, 5.41) is 5.25. The summed E-state index contributed by atoms with van der Waals surface area (Å²) in [6.45, 7) is 2.53. The number of carbonyl (C=O) groups is 1. The Morgan fingerprint density at radius 2 is 1.67 bits per heavy atom. The number of hydrogen-bond acceptors (Lipinski definition) is 5.